The van der Waals surface area contributed by atoms with Gasteiger partial charge in [0.2, 0.25) is 11.4 Å². The second kappa shape index (κ2) is 8.39. The summed E-state index contributed by atoms with van der Waals surface area (Å²) in [5, 5.41) is 2.46. The van der Waals surface area contributed by atoms with E-state index < -0.39 is 10.1 Å². The van der Waals surface area contributed by atoms with E-state index in [0.717, 1.165) is 17.0 Å². The van der Waals surface area contributed by atoms with Crippen LogP contribution in [0.2, 0.25) is 0 Å². The first-order valence-corrected chi connectivity index (χ1v) is 10.7. The van der Waals surface area contributed by atoms with Crippen LogP contribution in [0.15, 0.2) is 41.3 Å². The van der Waals surface area contributed by atoms with E-state index in [4.69, 9.17) is 5.84 Å². The molecule has 0 fully saturated rings. The Hall–Kier alpha value is -2.64. The summed E-state index contributed by atoms with van der Waals surface area (Å²) in [6.07, 6.45) is 0. The van der Waals surface area contributed by atoms with Crippen LogP contribution >= 0.6 is 0 Å². The van der Waals surface area contributed by atoms with E-state index in [0.29, 0.717) is 11.1 Å². The lowest BCUT2D eigenvalue weighted by molar-refractivity contribution is -0.650. The summed E-state index contributed by atoms with van der Waals surface area (Å²) in [4.78, 5) is 2.04. The SMILES string of the molecule is Cc1cc(C)c(S(=O)(=O)[O-])c(C)c1.Cc1cc2c(N(C)C)cccc2c(C)[n+]1N. The Bertz CT molecular complexity index is 1150. The van der Waals surface area contributed by atoms with Gasteiger partial charge in [-0.15, -0.1) is 0 Å². The Labute approximate surface area is 173 Å². The summed E-state index contributed by atoms with van der Waals surface area (Å²) in [5.74, 6) is 5.98. The van der Waals surface area contributed by atoms with Gasteiger partial charge in [-0.25, -0.2) is 14.3 Å². The van der Waals surface area contributed by atoms with Crippen LogP contribution in [0.5, 0.6) is 0 Å². The normalized spacial score (nSPS) is 11.2. The lowest BCUT2D eigenvalue weighted by Gasteiger charge is -2.15. The Morgan fingerprint density at radius 1 is 0.931 bits per heavy atom. The van der Waals surface area contributed by atoms with Crippen LogP contribution in [0.4, 0.5) is 5.69 Å². The first kappa shape index (κ1) is 22.6. The number of rotatable bonds is 2. The molecule has 156 valence electrons. The maximum absolute atomic E-state index is 10.8. The fourth-order valence-corrected chi connectivity index (χ4v) is 4.55. The Balaban J connectivity index is 0.000000212. The van der Waals surface area contributed by atoms with Crippen LogP contribution in [-0.4, -0.2) is 27.1 Å². The number of nitrogens with zero attached hydrogens (tertiary/aromatic N) is 2. The summed E-state index contributed by atoms with van der Waals surface area (Å²) in [7, 11) is -0.214. The topological polar surface area (TPSA) is 90.3 Å². The van der Waals surface area contributed by atoms with Gasteiger partial charge in [-0.1, -0.05) is 28.4 Å². The quantitative estimate of drug-likeness (QED) is 0.395. The molecule has 1 heterocycles. The largest absolute Gasteiger partial charge is 0.744 e. The number of nitrogens with two attached hydrogens (primary N) is 1. The zero-order chi connectivity index (χ0) is 22.1. The molecular formula is C22H29N3O3S. The fraction of sp³-hybridized carbons (Fsp3) is 0.318. The highest BCUT2D eigenvalue weighted by Gasteiger charge is 2.15. The monoisotopic (exact) mass is 415 g/mol. The maximum Gasteiger partial charge on any atom is 0.216 e. The number of anilines is 1. The van der Waals surface area contributed by atoms with Crippen molar-refractivity contribution in [3.8, 4) is 0 Å². The highest BCUT2D eigenvalue weighted by Crippen LogP contribution is 2.26. The molecule has 29 heavy (non-hydrogen) atoms. The van der Waals surface area contributed by atoms with Gasteiger partial charge in [-0.2, -0.15) is 0 Å². The smallest absolute Gasteiger partial charge is 0.216 e. The van der Waals surface area contributed by atoms with Crippen molar-refractivity contribution in [2.24, 2.45) is 0 Å². The molecule has 2 N–H and O–H groups in total. The van der Waals surface area contributed by atoms with E-state index in [1.54, 1.807) is 30.7 Å². The number of pyridine rings is 1. The predicted octanol–water partition coefficient (Wildman–Crippen LogP) is 3.04. The lowest BCUT2D eigenvalue weighted by Crippen LogP contribution is -2.50. The highest BCUT2D eigenvalue weighted by atomic mass is 32.2. The fourth-order valence-electron chi connectivity index (χ4n) is 3.64. The van der Waals surface area contributed by atoms with E-state index in [9.17, 15) is 13.0 Å². The van der Waals surface area contributed by atoms with Crippen LogP contribution in [0.3, 0.4) is 0 Å². The number of aryl methyl sites for hydroxylation is 5. The molecule has 1 aromatic heterocycles. The van der Waals surface area contributed by atoms with Crippen LogP contribution < -0.4 is 15.4 Å². The number of aromatic nitrogens is 1. The number of benzene rings is 2. The Morgan fingerprint density at radius 2 is 1.48 bits per heavy atom. The second-order valence-corrected chi connectivity index (χ2v) is 8.87. The van der Waals surface area contributed by atoms with Crippen LogP contribution in [0, 0.1) is 34.6 Å². The molecular weight excluding hydrogens is 386 g/mol. The number of nitrogen functional groups attached to an aromatic ring is 1. The number of hydrogen-bond acceptors (Lipinski definition) is 5. The van der Waals surface area contributed by atoms with Crippen molar-refractivity contribution in [2.75, 3.05) is 24.8 Å². The number of hydrogen-bond donors (Lipinski definition) is 1. The van der Waals surface area contributed by atoms with Gasteiger partial charge >= 0.3 is 0 Å². The van der Waals surface area contributed by atoms with Crippen molar-refractivity contribution in [3.05, 3.63) is 64.5 Å². The molecule has 3 rings (SSSR count). The molecule has 0 bridgehead atoms. The van der Waals surface area contributed by atoms with E-state index in [1.807, 2.05) is 13.8 Å². The van der Waals surface area contributed by atoms with Gasteiger partial charge in [0.1, 0.15) is 10.1 Å². The van der Waals surface area contributed by atoms with Gasteiger partial charge < -0.3 is 9.45 Å². The maximum atomic E-state index is 10.8. The zero-order valence-corrected chi connectivity index (χ0v) is 18.9. The summed E-state index contributed by atoms with van der Waals surface area (Å²) >= 11 is 0. The Kier molecular flexibility index (Phi) is 6.55. The molecule has 3 aromatic rings. The van der Waals surface area contributed by atoms with Crippen LogP contribution in [-0.2, 0) is 10.1 Å². The molecule has 0 saturated carbocycles. The standard InChI is InChI=1S/C13H18N3.C9H12O3S/c1-9-8-12-11(10(2)16(9)14)6-5-7-13(12)15(3)4;1-6-4-7(2)9(8(3)5-6)13(10,11)12/h5-8H,14H2,1-4H3;4-5H,1-3H3,(H,10,11,12)/q+1;/p-1. The lowest BCUT2D eigenvalue weighted by atomic mass is 10.1. The van der Waals surface area contributed by atoms with Gasteiger partial charge in [0, 0.05) is 45.1 Å². The summed E-state index contributed by atoms with van der Waals surface area (Å²) in [5.41, 5.74) is 5.39. The van der Waals surface area contributed by atoms with Crippen molar-refractivity contribution in [2.45, 2.75) is 39.5 Å². The van der Waals surface area contributed by atoms with E-state index >= 15 is 0 Å². The van der Waals surface area contributed by atoms with Crippen molar-refractivity contribution >= 4 is 26.6 Å². The summed E-state index contributed by atoms with van der Waals surface area (Å²) < 4.78 is 34.2. The average Bonchev–Trinajstić information content (AvgIpc) is 2.57. The van der Waals surface area contributed by atoms with Crippen molar-refractivity contribution in [3.63, 3.8) is 0 Å². The molecule has 0 spiro atoms. The molecule has 0 radical (unpaired) electrons. The third-order valence-corrected chi connectivity index (χ3v) is 6.05. The molecule has 0 amide bonds. The third kappa shape index (κ3) is 4.86. The summed E-state index contributed by atoms with van der Waals surface area (Å²) in [6, 6.07) is 11.8. The molecule has 0 unspecified atom stereocenters. The molecule has 0 aliphatic carbocycles. The average molecular weight is 416 g/mol. The minimum Gasteiger partial charge on any atom is -0.744 e. The first-order chi connectivity index (χ1) is 13.3. The molecule has 2 aromatic carbocycles. The molecule has 0 aliphatic heterocycles. The summed E-state index contributed by atoms with van der Waals surface area (Å²) in [6.45, 7) is 9.20. The molecule has 7 heteroatoms. The second-order valence-electron chi connectivity index (χ2n) is 7.56. The van der Waals surface area contributed by atoms with Crippen LogP contribution in [0.25, 0.3) is 10.8 Å². The van der Waals surface area contributed by atoms with Gasteiger partial charge in [-0.3, -0.25) is 0 Å². The van der Waals surface area contributed by atoms with Gasteiger partial charge in [-0.05, 0) is 44.0 Å². The number of fused-ring (bicyclic) bond motifs is 1. The van der Waals surface area contributed by atoms with Crippen molar-refractivity contribution in [1.29, 1.82) is 0 Å². The van der Waals surface area contributed by atoms with E-state index in [2.05, 4.69) is 50.2 Å². The highest BCUT2D eigenvalue weighted by molar-refractivity contribution is 7.85. The van der Waals surface area contributed by atoms with Crippen molar-refractivity contribution in [1.82, 2.24) is 0 Å². The molecule has 0 atom stereocenters. The predicted molar refractivity (Wildman–Crippen MR) is 117 cm³/mol. The third-order valence-electron chi connectivity index (χ3n) is 4.90. The molecule has 0 aliphatic rings. The van der Waals surface area contributed by atoms with Gasteiger partial charge in [0.25, 0.3) is 0 Å². The van der Waals surface area contributed by atoms with E-state index in [-0.39, 0.29) is 4.90 Å². The molecule has 6 nitrogen and oxygen atoms in total. The minimum atomic E-state index is -4.33. The molecule has 0 saturated heterocycles. The van der Waals surface area contributed by atoms with E-state index in [1.165, 1.54) is 16.5 Å². The minimum absolute atomic E-state index is 0.0851. The van der Waals surface area contributed by atoms with Gasteiger partial charge in [0.05, 0.1) is 10.3 Å². The first-order valence-electron chi connectivity index (χ1n) is 9.25. The van der Waals surface area contributed by atoms with Gasteiger partial charge in [0.15, 0.2) is 0 Å². The van der Waals surface area contributed by atoms with Crippen LogP contribution in [0.1, 0.15) is 28.1 Å². The zero-order valence-electron chi connectivity index (χ0n) is 18.1. The van der Waals surface area contributed by atoms with Crippen molar-refractivity contribution < 1.29 is 17.6 Å². The Morgan fingerprint density at radius 3 is 1.97 bits per heavy atom.